The topological polar surface area (TPSA) is 73.0 Å². The van der Waals surface area contributed by atoms with E-state index >= 15 is 0 Å². The number of hydrogen-bond donors (Lipinski definition) is 1. The molecule has 2 heterocycles. The van der Waals surface area contributed by atoms with Crippen molar-refractivity contribution < 1.29 is 22.4 Å². The summed E-state index contributed by atoms with van der Waals surface area (Å²) < 4.78 is 45.8. The lowest BCUT2D eigenvalue weighted by Gasteiger charge is -2.14. The van der Waals surface area contributed by atoms with Crippen molar-refractivity contribution in [2.75, 3.05) is 5.32 Å². The molecule has 0 radical (unpaired) electrons. The molecule has 28 heavy (non-hydrogen) atoms. The Labute approximate surface area is 167 Å². The zero-order valence-corrected chi connectivity index (χ0v) is 16.2. The summed E-state index contributed by atoms with van der Waals surface area (Å²) in [6.45, 7) is 1.61. The summed E-state index contributed by atoms with van der Waals surface area (Å²) in [6, 6.07) is 6.65. The maximum Gasteiger partial charge on any atom is 0.417 e. The fourth-order valence-electron chi connectivity index (χ4n) is 2.31. The number of hydrogen-bond acceptors (Lipinski definition) is 5. The minimum absolute atomic E-state index is 0.00316. The summed E-state index contributed by atoms with van der Waals surface area (Å²) in [7, 11) is 1.72. The van der Waals surface area contributed by atoms with Gasteiger partial charge in [0.1, 0.15) is 0 Å². The lowest BCUT2D eigenvalue weighted by molar-refractivity contribution is -0.137. The van der Waals surface area contributed by atoms with Crippen LogP contribution in [0.1, 0.15) is 12.5 Å². The van der Waals surface area contributed by atoms with Crippen molar-refractivity contribution in [2.24, 2.45) is 7.05 Å². The first-order valence-electron chi connectivity index (χ1n) is 7.94. The van der Waals surface area contributed by atoms with Gasteiger partial charge in [0, 0.05) is 12.7 Å². The maximum absolute atomic E-state index is 12.9. The summed E-state index contributed by atoms with van der Waals surface area (Å²) >= 11 is 6.70. The van der Waals surface area contributed by atoms with Gasteiger partial charge < -0.3 is 14.3 Å². The van der Waals surface area contributed by atoms with Gasteiger partial charge in [0.05, 0.1) is 22.1 Å². The van der Waals surface area contributed by atoms with Crippen LogP contribution >= 0.6 is 23.4 Å². The second kappa shape index (κ2) is 7.88. The summed E-state index contributed by atoms with van der Waals surface area (Å²) in [5, 5.41) is 9.91. The minimum atomic E-state index is -4.61. The summed E-state index contributed by atoms with van der Waals surface area (Å²) in [4.78, 5) is 12.4. The predicted octanol–water partition coefficient (Wildman–Crippen LogP) is 4.87. The van der Waals surface area contributed by atoms with Gasteiger partial charge in [-0.3, -0.25) is 4.79 Å². The minimum Gasteiger partial charge on any atom is -0.461 e. The zero-order chi connectivity index (χ0) is 20.5. The van der Waals surface area contributed by atoms with Crippen LogP contribution in [0.25, 0.3) is 11.6 Å². The molecule has 0 saturated carbocycles. The fraction of sp³-hybridized carbons (Fsp3) is 0.235. The Morgan fingerprint density at radius 1 is 1.32 bits per heavy atom. The highest BCUT2D eigenvalue weighted by Gasteiger charge is 2.33. The molecule has 0 aliphatic rings. The zero-order valence-electron chi connectivity index (χ0n) is 14.6. The number of nitrogens with one attached hydrogen (secondary N) is 1. The Morgan fingerprint density at radius 3 is 2.71 bits per heavy atom. The first-order valence-corrected chi connectivity index (χ1v) is 9.20. The molecule has 3 aromatic rings. The van der Waals surface area contributed by atoms with E-state index in [2.05, 4.69) is 15.5 Å². The summed E-state index contributed by atoms with van der Waals surface area (Å²) in [5.41, 5.74) is -1.01. The second-order valence-electron chi connectivity index (χ2n) is 5.78. The molecule has 3 rings (SSSR count). The van der Waals surface area contributed by atoms with Gasteiger partial charge in [0.15, 0.2) is 16.7 Å². The van der Waals surface area contributed by atoms with Crippen LogP contribution in [0.5, 0.6) is 0 Å². The number of benzene rings is 1. The number of aromatic nitrogens is 3. The van der Waals surface area contributed by atoms with Gasteiger partial charge in [0.2, 0.25) is 5.91 Å². The molecule has 0 aliphatic carbocycles. The average Bonchev–Trinajstić information content (AvgIpc) is 3.26. The van der Waals surface area contributed by atoms with E-state index in [0.29, 0.717) is 16.7 Å². The van der Waals surface area contributed by atoms with Crippen LogP contribution < -0.4 is 5.32 Å². The molecule has 0 unspecified atom stereocenters. The van der Waals surface area contributed by atoms with Crippen LogP contribution in [0.3, 0.4) is 0 Å². The monoisotopic (exact) mass is 430 g/mol. The molecule has 2 aromatic heterocycles. The van der Waals surface area contributed by atoms with Crippen LogP contribution in [-0.2, 0) is 18.0 Å². The van der Waals surface area contributed by atoms with Gasteiger partial charge >= 0.3 is 6.18 Å². The number of thioether (sulfide) groups is 1. The van der Waals surface area contributed by atoms with E-state index in [1.165, 1.54) is 12.3 Å². The molecule has 148 valence electrons. The lowest BCUT2D eigenvalue weighted by atomic mass is 10.2. The van der Waals surface area contributed by atoms with Crippen molar-refractivity contribution in [1.29, 1.82) is 0 Å². The molecule has 0 aliphatic heterocycles. The molecule has 1 N–H and O–H groups in total. The number of nitrogens with zero attached hydrogens (tertiary/aromatic N) is 3. The third-order valence-electron chi connectivity index (χ3n) is 3.77. The van der Waals surface area contributed by atoms with E-state index in [1.54, 1.807) is 30.7 Å². The van der Waals surface area contributed by atoms with Crippen molar-refractivity contribution in [3.8, 4) is 11.6 Å². The van der Waals surface area contributed by atoms with Crippen LogP contribution in [0.15, 0.2) is 46.2 Å². The van der Waals surface area contributed by atoms with E-state index in [9.17, 15) is 18.0 Å². The highest BCUT2D eigenvalue weighted by atomic mass is 35.5. The maximum atomic E-state index is 12.9. The number of anilines is 1. The Hall–Kier alpha value is -2.46. The highest BCUT2D eigenvalue weighted by Crippen LogP contribution is 2.36. The van der Waals surface area contributed by atoms with E-state index in [0.717, 1.165) is 23.9 Å². The van der Waals surface area contributed by atoms with Crippen LogP contribution in [0, 0.1) is 0 Å². The van der Waals surface area contributed by atoms with E-state index in [4.69, 9.17) is 16.0 Å². The molecule has 1 amide bonds. The average molecular weight is 431 g/mol. The SMILES string of the molecule is C[C@H](Sc1nnc(-c2ccco2)n1C)C(=O)Nc1ccc(Cl)c(C(F)(F)F)c1. The Kier molecular flexibility index (Phi) is 5.71. The van der Waals surface area contributed by atoms with Crippen molar-refractivity contribution in [1.82, 2.24) is 14.8 Å². The third-order valence-corrected chi connectivity index (χ3v) is 5.23. The van der Waals surface area contributed by atoms with Crippen molar-refractivity contribution in [2.45, 2.75) is 23.5 Å². The molecular formula is C17H14ClF3N4O2S. The number of carbonyl (C=O) groups excluding carboxylic acids is 1. The molecule has 1 atom stereocenters. The normalized spacial score (nSPS) is 12.8. The van der Waals surface area contributed by atoms with Gasteiger partial charge in [-0.05, 0) is 37.3 Å². The molecular weight excluding hydrogens is 417 g/mol. The number of halogens is 4. The third kappa shape index (κ3) is 4.33. The molecule has 1 aromatic carbocycles. The largest absolute Gasteiger partial charge is 0.461 e. The van der Waals surface area contributed by atoms with Gasteiger partial charge in [-0.2, -0.15) is 13.2 Å². The second-order valence-corrected chi connectivity index (χ2v) is 7.50. The lowest BCUT2D eigenvalue weighted by Crippen LogP contribution is -2.23. The first-order chi connectivity index (χ1) is 13.2. The van der Waals surface area contributed by atoms with Gasteiger partial charge in [-0.15, -0.1) is 10.2 Å². The summed E-state index contributed by atoms with van der Waals surface area (Å²) in [5.74, 6) is 0.537. The van der Waals surface area contributed by atoms with Crippen LogP contribution in [-0.4, -0.2) is 25.9 Å². The smallest absolute Gasteiger partial charge is 0.417 e. The van der Waals surface area contributed by atoms with E-state index in [1.807, 2.05) is 0 Å². The van der Waals surface area contributed by atoms with Gasteiger partial charge in [-0.1, -0.05) is 23.4 Å². The number of amides is 1. The number of alkyl halides is 3. The fourth-order valence-corrected chi connectivity index (χ4v) is 3.35. The molecule has 0 spiro atoms. The molecule has 0 bridgehead atoms. The van der Waals surface area contributed by atoms with Gasteiger partial charge in [0.25, 0.3) is 0 Å². The van der Waals surface area contributed by atoms with Crippen LogP contribution in [0.2, 0.25) is 5.02 Å². The Bertz CT molecular complexity index is 989. The number of carbonyl (C=O) groups is 1. The first kappa shape index (κ1) is 20.3. The number of furan rings is 1. The highest BCUT2D eigenvalue weighted by molar-refractivity contribution is 8.00. The van der Waals surface area contributed by atoms with Crippen LogP contribution in [0.4, 0.5) is 18.9 Å². The number of rotatable bonds is 5. The summed E-state index contributed by atoms with van der Waals surface area (Å²) in [6.07, 6.45) is -3.10. The molecule has 6 nitrogen and oxygen atoms in total. The van der Waals surface area contributed by atoms with E-state index in [-0.39, 0.29) is 5.69 Å². The standard InChI is InChI=1S/C17H14ClF3N4O2S/c1-9(28-16-24-23-14(25(16)2)13-4-3-7-27-13)15(26)22-10-5-6-12(18)11(8-10)17(19,20)21/h3-9H,1-2H3,(H,22,26)/t9-/m0/s1. The van der Waals surface area contributed by atoms with Crippen molar-refractivity contribution in [3.63, 3.8) is 0 Å². The Balaban J connectivity index is 1.71. The quantitative estimate of drug-likeness (QED) is 0.585. The van der Waals surface area contributed by atoms with Crippen molar-refractivity contribution in [3.05, 3.63) is 47.2 Å². The molecule has 0 fully saturated rings. The molecule has 0 saturated heterocycles. The van der Waals surface area contributed by atoms with E-state index < -0.39 is 27.9 Å². The Morgan fingerprint density at radius 2 is 2.07 bits per heavy atom. The molecule has 11 heteroatoms. The van der Waals surface area contributed by atoms with Gasteiger partial charge in [-0.25, -0.2) is 0 Å². The predicted molar refractivity (Wildman–Crippen MR) is 99.1 cm³/mol. The van der Waals surface area contributed by atoms with Crippen molar-refractivity contribution >= 4 is 35.0 Å².